The lowest BCUT2D eigenvalue weighted by Crippen LogP contribution is -2.21. The number of ketones is 1. The molecule has 0 spiro atoms. The summed E-state index contributed by atoms with van der Waals surface area (Å²) in [5, 5.41) is 4.75. The molecule has 0 saturated carbocycles. The Labute approximate surface area is 130 Å². The van der Waals surface area contributed by atoms with Crippen molar-refractivity contribution in [2.24, 2.45) is 0 Å². The molecule has 0 atom stereocenters. The van der Waals surface area contributed by atoms with E-state index in [1.807, 2.05) is 0 Å². The Balaban J connectivity index is 2.13. The van der Waals surface area contributed by atoms with Crippen LogP contribution in [0.5, 0.6) is 0 Å². The molecule has 0 saturated heterocycles. The van der Waals surface area contributed by atoms with E-state index >= 15 is 0 Å². The monoisotopic (exact) mass is 322 g/mol. The molecule has 0 fully saturated rings. The van der Waals surface area contributed by atoms with Crippen LogP contribution in [0, 0.1) is 0 Å². The average molecular weight is 322 g/mol. The highest BCUT2D eigenvalue weighted by atomic mass is 19.4. The molecule has 2 aromatic rings. The lowest BCUT2D eigenvalue weighted by molar-refractivity contribution is -0.137. The van der Waals surface area contributed by atoms with Crippen molar-refractivity contribution in [1.29, 1.82) is 0 Å². The Bertz CT molecular complexity index is 742. The fourth-order valence-corrected chi connectivity index (χ4v) is 1.96. The molecule has 23 heavy (non-hydrogen) atoms. The Morgan fingerprint density at radius 3 is 2.30 bits per heavy atom. The van der Waals surface area contributed by atoms with Crippen LogP contribution < -0.4 is 10.6 Å². The van der Waals surface area contributed by atoms with Crippen molar-refractivity contribution in [3.63, 3.8) is 0 Å². The third-order valence-electron chi connectivity index (χ3n) is 3.00. The first-order chi connectivity index (χ1) is 10.8. The SMILES string of the molecule is CC(=O)c1ccccc1NC(=O)Nc1cccc(C(F)(F)F)c1. The van der Waals surface area contributed by atoms with E-state index in [9.17, 15) is 22.8 Å². The van der Waals surface area contributed by atoms with Gasteiger partial charge in [0.15, 0.2) is 5.78 Å². The smallest absolute Gasteiger partial charge is 0.308 e. The molecule has 2 amide bonds. The molecule has 0 unspecified atom stereocenters. The molecule has 0 bridgehead atoms. The van der Waals surface area contributed by atoms with Gasteiger partial charge in [-0.1, -0.05) is 18.2 Å². The van der Waals surface area contributed by atoms with Crippen molar-refractivity contribution >= 4 is 23.2 Å². The van der Waals surface area contributed by atoms with Crippen LogP contribution in [0.2, 0.25) is 0 Å². The van der Waals surface area contributed by atoms with Gasteiger partial charge in [0, 0.05) is 11.3 Å². The van der Waals surface area contributed by atoms with Gasteiger partial charge in [-0.05, 0) is 37.3 Å². The maximum Gasteiger partial charge on any atom is 0.416 e. The summed E-state index contributed by atoms with van der Waals surface area (Å²) in [5.41, 5.74) is -0.270. The number of amides is 2. The highest BCUT2D eigenvalue weighted by Crippen LogP contribution is 2.30. The van der Waals surface area contributed by atoms with E-state index in [0.29, 0.717) is 5.56 Å². The summed E-state index contributed by atoms with van der Waals surface area (Å²) >= 11 is 0. The predicted octanol–water partition coefficient (Wildman–Crippen LogP) is 4.55. The van der Waals surface area contributed by atoms with Crippen molar-refractivity contribution in [3.8, 4) is 0 Å². The van der Waals surface area contributed by atoms with Crippen molar-refractivity contribution in [3.05, 3.63) is 59.7 Å². The fourth-order valence-electron chi connectivity index (χ4n) is 1.96. The van der Waals surface area contributed by atoms with E-state index in [2.05, 4.69) is 10.6 Å². The van der Waals surface area contributed by atoms with Crippen LogP contribution >= 0.6 is 0 Å². The number of halogens is 3. The molecule has 0 aliphatic rings. The maximum atomic E-state index is 12.6. The lowest BCUT2D eigenvalue weighted by atomic mass is 10.1. The summed E-state index contributed by atoms with van der Waals surface area (Å²) in [6, 6.07) is 9.89. The normalized spacial score (nSPS) is 11.0. The Morgan fingerprint density at radius 1 is 0.957 bits per heavy atom. The maximum absolute atomic E-state index is 12.6. The summed E-state index contributed by atoms with van der Waals surface area (Å²) in [5.74, 6) is -0.236. The molecule has 0 aromatic heterocycles. The first-order valence-electron chi connectivity index (χ1n) is 6.62. The van der Waals surface area contributed by atoms with Gasteiger partial charge in [-0.25, -0.2) is 4.79 Å². The van der Waals surface area contributed by atoms with E-state index in [4.69, 9.17) is 0 Å². The van der Waals surface area contributed by atoms with Crippen molar-refractivity contribution in [2.45, 2.75) is 13.1 Å². The molecule has 4 nitrogen and oxygen atoms in total. The molecule has 7 heteroatoms. The van der Waals surface area contributed by atoms with Crippen LogP contribution in [0.15, 0.2) is 48.5 Å². The molecule has 0 aliphatic carbocycles. The molecule has 120 valence electrons. The van der Waals surface area contributed by atoms with Gasteiger partial charge < -0.3 is 10.6 Å². The molecule has 0 radical (unpaired) electrons. The molecule has 0 heterocycles. The Kier molecular flexibility index (Phi) is 4.68. The second-order valence-electron chi connectivity index (χ2n) is 4.76. The summed E-state index contributed by atoms with van der Waals surface area (Å²) in [7, 11) is 0. The topological polar surface area (TPSA) is 58.2 Å². The predicted molar refractivity (Wildman–Crippen MR) is 80.5 cm³/mol. The number of hydrogen-bond donors (Lipinski definition) is 2. The minimum absolute atomic E-state index is 0.00219. The van der Waals surface area contributed by atoms with Crippen molar-refractivity contribution in [1.82, 2.24) is 0 Å². The Morgan fingerprint density at radius 2 is 1.65 bits per heavy atom. The van der Waals surface area contributed by atoms with Crippen LogP contribution in [-0.2, 0) is 6.18 Å². The molecular weight excluding hydrogens is 309 g/mol. The highest BCUT2D eigenvalue weighted by Gasteiger charge is 2.30. The van der Waals surface area contributed by atoms with Crippen LogP contribution in [-0.4, -0.2) is 11.8 Å². The minimum Gasteiger partial charge on any atom is -0.308 e. The van der Waals surface area contributed by atoms with Crippen LogP contribution in [0.1, 0.15) is 22.8 Å². The summed E-state index contributed by atoms with van der Waals surface area (Å²) in [6.45, 7) is 1.35. The van der Waals surface area contributed by atoms with Crippen LogP contribution in [0.3, 0.4) is 0 Å². The van der Waals surface area contributed by atoms with Crippen molar-refractivity contribution in [2.75, 3.05) is 10.6 Å². The van der Waals surface area contributed by atoms with E-state index in [1.54, 1.807) is 18.2 Å². The van der Waals surface area contributed by atoms with Crippen molar-refractivity contribution < 1.29 is 22.8 Å². The molecular formula is C16H13F3N2O2. The van der Waals surface area contributed by atoms with Crippen LogP contribution in [0.25, 0.3) is 0 Å². The highest BCUT2D eigenvalue weighted by molar-refractivity contribution is 6.06. The lowest BCUT2D eigenvalue weighted by Gasteiger charge is -2.12. The summed E-state index contributed by atoms with van der Waals surface area (Å²) in [4.78, 5) is 23.4. The number of alkyl halides is 3. The van der Waals surface area contributed by atoms with Gasteiger partial charge in [-0.15, -0.1) is 0 Å². The van der Waals surface area contributed by atoms with Gasteiger partial charge in [0.05, 0.1) is 11.3 Å². The number of urea groups is 1. The quantitative estimate of drug-likeness (QED) is 0.814. The number of hydrogen-bond acceptors (Lipinski definition) is 2. The first kappa shape index (κ1) is 16.5. The number of para-hydroxylation sites is 1. The zero-order chi connectivity index (χ0) is 17.0. The van der Waals surface area contributed by atoms with E-state index in [0.717, 1.165) is 12.1 Å². The number of anilines is 2. The fraction of sp³-hybridized carbons (Fsp3) is 0.125. The minimum atomic E-state index is -4.49. The zero-order valence-electron chi connectivity index (χ0n) is 12.1. The summed E-state index contributed by atoms with van der Waals surface area (Å²) in [6.07, 6.45) is -4.49. The molecule has 0 aliphatic heterocycles. The van der Waals surface area contributed by atoms with Gasteiger partial charge in [0.2, 0.25) is 0 Å². The number of nitrogens with one attached hydrogen (secondary N) is 2. The van der Waals surface area contributed by atoms with Crippen LogP contribution in [0.4, 0.5) is 29.3 Å². The second kappa shape index (κ2) is 6.51. The first-order valence-corrected chi connectivity index (χ1v) is 6.62. The van der Waals surface area contributed by atoms with E-state index < -0.39 is 17.8 Å². The molecule has 2 N–H and O–H groups in total. The summed E-state index contributed by atoms with van der Waals surface area (Å²) < 4.78 is 37.9. The van der Waals surface area contributed by atoms with E-state index in [-0.39, 0.29) is 17.2 Å². The third-order valence-corrected chi connectivity index (χ3v) is 3.00. The van der Waals surface area contributed by atoms with Gasteiger partial charge in [0.1, 0.15) is 0 Å². The number of Topliss-reactive ketones (excluding diaryl/α,β-unsaturated/α-hetero) is 1. The van der Waals surface area contributed by atoms with E-state index in [1.165, 1.54) is 25.1 Å². The molecule has 2 aromatic carbocycles. The second-order valence-corrected chi connectivity index (χ2v) is 4.76. The van der Waals surface area contributed by atoms with Gasteiger partial charge >= 0.3 is 12.2 Å². The number of carbonyl (C=O) groups excluding carboxylic acids is 2. The Hall–Kier alpha value is -2.83. The van der Waals surface area contributed by atoms with Gasteiger partial charge in [0.25, 0.3) is 0 Å². The third kappa shape index (κ3) is 4.32. The van der Waals surface area contributed by atoms with Gasteiger partial charge in [-0.3, -0.25) is 4.79 Å². The number of benzene rings is 2. The number of rotatable bonds is 3. The standard InChI is InChI=1S/C16H13F3N2O2/c1-10(22)13-7-2-3-8-14(13)21-15(23)20-12-6-4-5-11(9-12)16(17,18)19/h2-9H,1H3,(H2,20,21,23). The number of carbonyl (C=O) groups is 2. The average Bonchev–Trinajstić information content (AvgIpc) is 2.46. The van der Waals surface area contributed by atoms with Gasteiger partial charge in [-0.2, -0.15) is 13.2 Å². The zero-order valence-corrected chi connectivity index (χ0v) is 12.1. The molecule has 2 rings (SSSR count). The largest absolute Gasteiger partial charge is 0.416 e.